The molecule has 0 unspecified atom stereocenters. The molecule has 2 aromatic rings. The molecule has 1 aromatic carbocycles. The predicted octanol–water partition coefficient (Wildman–Crippen LogP) is 3.88. The van der Waals surface area contributed by atoms with Crippen LogP contribution in [-0.2, 0) is 11.2 Å². The first kappa shape index (κ1) is 14.0. The van der Waals surface area contributed by atoms with Gasteiger partial charge in [-0.2, -0.15) is 0 Å². The summed E-state index contributed by atoms with van der Waals surface area (Å²) in [6, 6.07) is 8.89. The maximum atomic E-state index is 12.5. The van der Waals surface area contributed by atoms with Crippen molar-refractivity contribution in [3.63, 3.8) is 0 Å². The fraction of sp³-hybridized carbons (Fsp3) is 0.579. The molecule has 2 bridgehead atoms. The molecule has 5 rings (SSSR count). The number of fused-ring (bicyclic) bond motifs is 6. The lowest BCUT2D eigenvalue weighted by molar-refractivity contribution is -0.147. The number of nitrogens with zero attached hydrogens (tertiary/aromatic N) is 2. The van der Waals surface area contributed by atoms with Crippen molar-refractivity contribution in [3.05, 3.63) is 29.3 Å². The van der Waals surface area contributed by atoms with E-state index in [9.17, 15) is 4.79 Å². The lowest BCUT2D eigenvalue weighted by atomic mass is 9.76. The molecule has 1 aliphatic heterocycles. The zero-order valence-electron chi connectivity index (χ0n) is 13.3. The molecule has 4 heteroatoms. The number of carbonyl (C=O) groups is 1. The Morgan fingerprint density at radius 2 is 2.13 bits per heavy atom. The van der Waals surface area contributed by atoms with Crippen LogP contribution in [0.2, 0.25) is 0 Å². The molecule has 1 amide bonds. The van der Waals surface area contributed by atoms with E-state index in [0.717, 1.165) is 42.7 Å². The van der Waals surface area contributed by atoms with Crippen molar-refractivity contribution < 1.29 is 4.79 Å². The van der Waals surface area contributed by atoms with E-state index in [2.05, 4.69) is 28.1 Å². The third kappa shape index (κ3) is 2.22. The molecule has 2 heterocycles. The molecule has 1 saturated heterocycles. The van der Waals surface area contributed by atoms with Gasteiger partial charge in [-0.25, -0.2) is 4.98 Å². The normalized spacial score (nSPS) is 31.4. The maximum absolute atomic E-state index is 12.5. The number of aromatic nitrogens is 1. The van der Waals surface area contributed by atoms with Crippen LogP contribution in [0.15, 0.2) is 24.3 Å². The standard InChI is InChI=1S/C19H22N2OS/c22-18(21-11-14-12-8-9-13(10-12)19(14)21)7-3-6-17-20-15-4-1-2-5-16(15)23-17/h1-2,4-5,12-14,19H,3,6-11H2/t12-,13-,14-,19-/m0/s1. The summed E-state index contributed by atoms with van der Waals surface area (Å²) in [7, 11) is 0. The van der Waals surface area contributed by atoms with E-state index in [4.69, 9.17) is 0 Å². The first-order chi connectivity index (χ1) is 11.3. The first-order valence-corrected chi connectivity index (χ1v) is 9.75. The second kappa shape index (κ2) is 5.30. The Morgan fingerprint density at radius 1 is 1.26 bits per heavy atom. The van der Waals surface area contributed by atoms with Gasteiger partial charge < -0.3 is 4.90 Å². The van der Waals surface area contributed by atoms with Gasteiger partial charge in [-0.15, -0.1) is 11.3 Å². The first-order valence-electron chi connectivity index (χ1n) is 8.93. The average Bonchev–Trinajstić information content (AvgIpc) is 3.18. The monoisotopic (exact) mass is 326 g/mol. The predicted molar refractivity (Wildman–Crippen MR) is 92.4 cm³/mol. The SMILES string of the molecule is O=C(CCCc1nc2ccccc2s1)N1C[C@H]2[C@H]3CC[C@@H](C3)[C@@H]21. The Balaban J connectivity index is 1.16. The Labute approximate surface area is 140 Å². The summed E-state index contributed by atoms with van der Waals surface area (Å²) in [4.78, 5) is 19.4. The van der Waals surface area contributed by atoms with E-state index in [1.165, 1.54) is 29.0 Å². The Kier molecular flexibility index (Phi) is 3.22. The lowest BCUT2D eigenvalue weighted by Crippen LogP contribution is -2.60. The molecule has 3 nitrogen and oxygen atoms in total. The van der Waals surface area contributed by atoms with Gasteiger partial charge in [-0.3, -0.25) is 4.79 Å². The van der Waals surface area contributed by atoms with Crippen LogP contribution in [0, 0.1) is 17.8 Å². The van der Waals surface area contributed by atoms with Gasteiger partial charge in [0.05, 0.1) is 15.2 Å². The number of benzene rings is 1. The number of amides is 1. The second-order valence-electron chi connectivity index (χ2n) is 7.46. The number of likely N-dealkylation sites (tertiary alicyclic amines) is 1. The number of aryl methyl sites for hydroxylation is 1. The molecule has 3 aliphatic rings. The molecule has 0 N–H and O–H groups in total. The van der Waals surface area contributed by atoms with Gasteiger partial charge in [0.25, 0.3) is 0 Å². The number of para-hydroxylation sites is 1. The average molecular weight is 326 g/mol. The van der Waals surface area contributed by atoms with Gasteiger partial charge in [-0.1, -0.05) is 12.1 Å². The van der Waals surface area contributed by atoms with E-state index in [0.29, 0.717) is 18.4 Å². The van der Waals surface area contributed by atoms with Crippen LogP contribution in [0.5, 0.6) is 0 Å². The molecule has 1 aromatic heterocycles. The highest BCUT2D eigenvalue weighted by Crippen LogP contribution is 2.55. The molecule has 120 valence electrons. The highest BCUT2D eigenvalue weighted by Gasteiger charge is 2.57. The summed E-state index contributed by atoms with van der Waals surface area (Å²) in [6.07, 6.45) is 6.73. The highest BCUT2D eigenvalue weighted by atomic mass is 32.1. The largest absolute Gasteiger partial charge is 0.339 e. The van der Waals surface area contributed by atoms with Crippen LogP contribution < -0.4 is 0 Å². The third-order valence-corrected chi connectivity index (χ3v) is 7.34. The van der Waals surface area contributed by atoms with Crippen LogP contribution >= 0.6 is 11.3 Å². The van der Waals surface area contributed by atoms with Crippen molar-refractivity contribution >= 4 is 27.5 Å². The van der Waals surface area contributed by atoms with Gasteiger partial charge in [0, 0.05) is 24.9 Å². The molecule has 23 heavy (non-hydrogen) atoms. The van der Waals surface area contributed by atoms with Crippen LogP contribution in [0.3, 0.4) is 0 Å². The molecule has 2 saturated carbocycles. The fourth-order valence-electron chi connectivity index (χ4n) is 5.16. The summed E-state index contributed by atoms with van der Waals surface area (Å²) in [5.74, 6) is 3.01. The molecular weight excluding hydrogens is 304 g/mol. The van der Waals surface area contributed by atoms with Crippen LogP contribution in [0.25, 0.3) is 10.2 Å². The minimum atomic E-state index is 0.389. The number of thiazole rings is 1. The maximum Gasteiger partial charge on any atom is 0.222 e. The summed E-state index contributed by atoms with van der Waals surface area (Å²) < 4.78 is 1.25. The van der Waals surface area contributed by atoms with Crippen LogP contribution in [0.4, 0.5) is 0 Å². The van der Waals surface area contributed by atoms with Crippen LogP contribution in [0.1, 0.15) is 37.1 Å². The highest BCUT2D eigenvalue weighted by molar-refractivity contribution is 7.18. The molecule has 4 atom stereocenters. The van der Waals surface area contributed by atoms with Crippen molar-refractivity contribution in [3.8, 4) is 0 Å². The number of hydrogen-bond acceptors (Lipinski definition) is 3. The Morgan fingerprint density at radius 3 is 3.00 bits per heavy atom. The van der Waals surface area contributed by atoms with Crippen LogP contribution in [-0.4, -0.2) is 28.4 Å². The van der Waals surface area contributed by atoms with Crippen molar-refractivity contribution in [2.24, 2.45) is 17.8 Å². The minimum Gasteiger partial charge on any atom is -0.339 e. The molecule has 2 aliphatic carbocycles. The molecule has 3 fully saturated rings. The van der Waals surface area contributed by atoms with E-state index in [1.807, 2.05) is 6.07 Å². The Bertz CT molecular complexity index is 720. The summed E-state index contributed by atoms with van der Waals surface area (Å²) in [6.45, 7) is 1.05. The topological polar surface area (TPSA) is 33.2 Å². The van der Waals surface area contributed by atoms with Crippen molar-refractivity contribution in [2.45, 2.75) is 44.6 Å². The zero-order valence-corrected chi connectivity index (χ0v) is 14.1. The smallest absolute Gasteiger partial charge is 0.222 e. The number of rotatable bonds is 4. The third-order valence-electron chi connectivity index (χ3n) is 6.25. The van der Waals surface area contributed by atoms with Gasteiger partial charge in [-0.05, 0) is 56.1 Å². The van der Waals surface area contributed by atoms with E-state index in [1.54, 1.807) is 11.3 Å². The quantitative estimate of drug-likeness (QED) is 0.854. The van der Waals surface area contributed by atoms with Gasteiger partial charge in [0.2, 0.25) is 5.91 Å². The minimum absolute atomic E-state index is 0.389. The fourth-order valence-corrected chi connectivity index (χ4v) is 6.17. The lowest BCUT2D eigenvalue weighted by Gasteiger charge is -2.50. The van der Waals surface area contributed by atoms with Gasteiger partial charge >= 0.3 is 0 Å². The Hall–Kier alpha value is -1.42. The number of hydrogen-bond donors (Lipinski definition) is 0. The van der Waals surface area contributed by atoms with Gasteiger partial charge in [0.15, 0.2) is 0 Å². The molecular formula is C19H22N2OS. The zero-order chi connectivity index (χ0) is 15.4. The summed E-state index contributed by atoms with van der Waals surface area (Å²) in [5, 5.41) is 1.17. The second-order valence-corrected chi connectivity index (χ2v) is 8.58. The molecule has 0 spiro atoms. The van der Waals surface area contributed by atoms with Crippen molar-refractivity contribution in [1.82, 2.24) is 9.88 Å². The van der Waals surface area contributed by atoms with E-state index < -0.39 is 0 Å². The van der Waals surface area contributed by atoms with E-state index >= 15 is 0 Å². The molecule has 0 radical (unpaired) electrons. The van der Waals surface area contributed by atoms with Gasteiger partial charge in [0.1, 0.15) is 0 Å². The summed E-state index contributed by atoms with van der Waals surface area (Å²) >= 11 is 1.77. The van der Waals surface area contributed by atoms with Crippen molar-refractivity contribution in [1.29, 1.82) is 0 Å². The van der Waals surface area contributed by atoms with E-state index in [-0.39, 0.29) is 0 Å². The van der Waals surface area contributed by atoms with Crippen molar-refractivity contribution in [2.75, 3.05) is 6.54 Å². The summed E-state index contributed by atoms with van der Waals surface area (Å²) in [5.41, 5.74) is 1.09. The number of carbonyl (C=O) groups excluding carboxylic acids is 1.